The number of nitrogens with one attached hydrogen (secondary N) is 2. The Morgan fingerprint density at radius 2 is 1.92 bits per heavy atom. The molecule has 0 unspecified atom stereocenters. The van der Waals surface area contributed by atoms with E-state index < -0.39 is 10.2 Å². The first-order valence-electron chi connectivity index (χ1n) is 7.90. The molecule has 0 radical (unpaired) electrons. The number of anilines is 1. The van der Waals surface area contributed by atoms with Gasteiger partial charge < -0.3 is 9.88 Å². The number of nitrogens with zero attached hydrogens (tertiary/aromatic N) is 1. The van der Waals surface area contributed by atoms with Gasteiger partial charge in [-0.15, -0.1) is 12.4 Å². The van der Waals surface area contributed by atoms with Crippen molar-refractivity contribution >= 4 is 39.2 Å². The maximum absolute atomic E-state index is 11.9. The summed E-state index contributed by atoms with van der Waals surface area (Å²) in [7, 11) is -3.67. The van der Waals surface area contributed by atoms with Gasteiger partial charge in [0.25, 0.3) is 10.2 Å². The lowest BCUT2D eigenvalue weighted by Gasteiger charge is -2.40. The second-order valence-electron chi connectivity index (χ2n) is 6.73. The van der Waals surface area contributed by atoms with Crippen LogP contribution in [0.4, 0.5) is 5.69 Å². The Morgan fingerprint density at radius 3 is 2.56 bits per heavy atom. The van der Waals surface area contributed by atoms with Crippen LogP contribution in [0.5, 0.6) is 0 Å². The van der Waals surface area contributed by atoms with E-state index >= 15 is 0 Å². The zero-order chi connectivity index (χ0) is 17.4. The van der Waals surface area contributed by atoms with Crippen LogP contribution >= 0.6 is 12.4 Å². The Kier molecular flexibility index (Phi) is 5.78. The molecule has 0 spiro atoms. The van der Waals surface area contributed by atoms with E-state index in [9.17, 15) is 13.2 Å². The van der Waals surface area contributed by atoms with E-state index in [1.165, 1.54) is 0 Å². The van der Waals surface area contributed by atoms with Crippen molar-refractivity contribution in [2.45, 2.75) is 19.8 Å². The highest BCUT2D eigenvalue weighted by molar-refractivity contribution is 7.87. The number of benzene rings is 1. The number of aromatic nitrogens is 1. The molecule has 1 aromatic carbocycles. The van der Waals surface area contributed by atoms with Crippen LogP contribution in [0, 0.1) is 5.41 Å². The number of piperidine rings is 1. The summed E-state index contributed by atoms with van der Waals surface area (Å²) in [4.78, 5) is 17.0. The molecular weight excluding hydrogens is 364 g/mol. The zero-order valence-corrected chi connectivity index (χ0v) is 15.6. The number of halogens is 1. The first kappa shape index (κ1) is 19.7. The SMILES string of the molecule is CC1(CNS(N)(=O)=O)CCN(c2cc(=O)[nH]c3ccccc23)CC1.Cl. The van der Waals surface area contributed by atoms with Gasteiger partial charge >= 0.3 is 0 Å². The van der Waals surface area contributed by atoms with Crippen LogP contribution in [-0.4, -0.2) is 33.0 Å². The van der Waals surface area contributed by atoms with Crippen molar-refractivity contribution < 1.29 is 8.42 Å². The molecule has 1 aliphatic rings. The molecule has 0 aliphatic carbocycles. The van der Waals surface area contributed by atoms with Crippen LogP contribution in [0.3, 0.4) is 0 Å². The molecule has 2 heterocycles. The standard InChI is InChI=1S/C16H22N4O3S.ClH/c1-16(11-18-24(17,22)23)6-8-20(9-7-16)14-10-15(21)19-13-5-3-2-4-12(13)14;/h2-5,10,18H,6-9,11H2,1H3,(H,19,21)(H2,17,22,23);1H. The van der Waals surface area contributed by atoms with Gasteiger partial charge in [0, 0.05) is 31.1 Å². The van der Waals surface area contributed by atoms with Crippen molar-refractivity contribution in [1.82, 2.24) is 9.71 Å². The number of H-pyrrole nitrogens is 1. The van der Waals surface area contributed by atoms with E-state index in [0.717, 1.165) is 42.5 Å². The maximum Gasteiger partial charge on any atom is 0.274 e. The van der Waals surface area contributed by atoms with Gasteiger partial charge in [0.15, 0.2) is 0 Å². The molecule has 0 bridgehead atoms. The van der Waals surface area contributed by atoms with E-state index in [2.05, 4.69) is 21.5 Å². The molecule has 1 aromatic heterocycles. The molecule has 138 valence electrons. The number of aromatic amines is 1. The van der Waals surface area contributed by atoms with Gasteiger partial charge in [0.2, 0.25) is 5.56 Å². The van der Waals surface area contributed by atoms with E-state index in [1.54, 1.807) is 6.07 Å². The summed E-state index contributed by atoms with van der Waals surface area (Å²) < 4.78 is 24.6. The van der Waals surface area contributed by atoms with E-state index in [1.807, 2.05) is 24.3 Å². The van der Waals surface area contributed by atoms with Crippen molar-refractivity contribution in [2.24, 2.45) is 10.6 Å². The van der Waals surface area contributed by atoms with E-state index in [-0.39, 0.29) is 23.4 Å². The summed E-state index contributed by atoms with van der Waals surface area (Å²) in [5.41, 5.74) is 1.49. The summed E-state index contributed by atoms with van der Waals surface area (Å²) in [6, 6.07) is 9.37. The van der Waals surface area contributed by atoms with Crippen LogP contribution in [-0.2, 0) is 10.2 Å². The summed E-state index contributed by atoms with van der Waals surface area (Å²) in [6.07, 6.45) is 1.63. The molecule has 0 saturated carbocycles. The molecule has 0 amide bonds. The number of pyridine rings is 1. The van der Waals surface area contributed by atoms with Crippen molar-refractivity contribution in [3.8, 4) is 0 Å². The normalized spacial score (nSPS) is 17.3. The van der Waals surface area contributed by atoms with Crippen LogP contribution in [0.25, 0.3) is 10.9 Å². The molecule has 3 rings (SSSR count). The fraction of sp³-hybridized carbons (Fsp3) is 0.438. The summed E-state index contributed by atoms with van der Waals surface area (Å²) in [5.74, 6) is 0. The Morgan fingerprint density at radius 1 is 1.28 bits per heavy atom. The highest BCUT2D eigenvalue weighted by Gasteiger charge is 2.31. The molecule has 1 fully saturated rings. The van der Waals surface area contributed by atoms with Gasteiger partial charge in [-0.25, -0.2) is 9.86 Å². The van der Waals surface area contributed by atoms with Gasteiger partial charge in [-0.3, -0.25) is 4.79 Å². The fourth-order valence-electron chi connectivity index (χ4n) is 3.19. The Labute approximate surface area is 153 Å². The van der Waals surface area contributed by atoms with E-state index in [4.69, 9.17) is 5.14 Å². The Hall–Kier alpha value is -1.61. The predicted octanol–water partition coefficient (Wildman–Crippen LogP) is 1.35. The Bertz CT molecular complexity index is 905. The maximum atomic E-state index is 11.9. The fourth-order valence-corrected chi connectivity index (χ4v) is 3.74. The number of fused-ring (bicyclic) bond motifs is 1. The zero-order valence-electron chi connectivity index (χ0n) is 14.0. The minimum Gasteiger partial charge on any atom is -0.371 e. The number of hydrogen-bond acceptors (Lipinski definition) is 4. The van der Waals surface area contributed by atoms with Crippen LogP contribution < -0.4 is 20.3 Å². The quantitative estimate of drug-likeness (QED) is 0.736. The first-order chi connectivity index (χ1) is 11.3. The van der Waals surface area contributed by atoms with Crippen molar-refractivity contribution in [3.63, 3.8) is 0 Å². The predicted molar refractivity (Wildman–Crippen MR) is 102 cm³/mol. The molecule has 2 aromatic rings. The van der Waals surface area contributed by atoms with Crippen LogP contribution in [0.2, 0.25) is 0 Å². The third-order valence-corrected chi connectivity index (χ3v) is 5.29. The average molecular weight is 387 g/mol. The second-order valence-corrected chi connectivity index (χ2v) is 8.11. The highest BCUT2D eigenvalue weighted by atomic mass is 35.5. The molecule has 7 nitrogen and oxygen atoms in total. The minimum absolute atomic E-state index is 0. The molecule has 1 aliphatic heterocycles. The van der Waals surface area contributed by atoms with Crippen LogP contribution in [0.1, 0.15) is 19.8 Å². The lowest BCUT2D eigenvalue weighted by atomic mass is 9.80. The lowest BCUT2D eigenvalue weighted by Crippen LogP contribution is -2.46. The highest BCUT2D eigenvalue weighted by Crippen LogP contribution is 2.34. The third-order valence-electron chi connectivity index (χ3n) is 4.74. The number of hydrogen-bond donors (Lipinski definition) is 3. The van der Waals surface area contributed by atoms with Crippen molar-refractivity contribution in [1.29, 1.82) is 0 Å². The molecule has 0 atom stereocenters. The lowest BCUT2D eigenvalue weighted by molar-refractivity contribution is 0.250. The molecule has 9 heteroatoms. The van der Waals surface area contributed by atoms with Gasteiger partial charge in [0.05, 0.1) is 11.2 Å². The summed E-state index contributed by atoms with van der Waals surface area (Å²) in [5, 5.41) is 6.04. The number of nitrogens with two attached hydrogens (primary N) is 1. The topological polar surface area (TPSA) is 108 Å². The van der Waals surface area contributed by atoms with Crippen molar-refractivity contribution in [2.75, 3.05) is 24.5 Å². The smallest absolute Gasteiger partial charge is 0.274 e. The Balaban J connectivity index is 0.00000225. The number of rotatable bonds is 4. The van der Waals surface area contributed by atoms with E-state index in [0.29, 0.717) is 6.54 Å². The summed E-state index contributed by atoms with van der Waals surface area (Å²) in [6.45, 7) is 3.90. The average Bonchev–Trinajstić information content (AvgIpc) is 2.52. The molecule has 25 heavy (non-hydrogen) atoms. The monoisotopic (exact) mass is 386 g/mol. The van der Waals surface area contributed by atoms with Crippen molar-refractivity contribution in [3.05, 3.63) is 40.7 Å². The second kappa shape index (κ2) is 7.33. The van der Waals surface area contributed by atoms with Gasteiger partial charge in [-0.1, -0.05) is 25.1 Å². The van der Waals surface area contributed by atoms with Crippen LogP contribution in [0.15, 0.2) is 35.1 Å². The van der Waals surface area contributed by atoms with Gasteiger partial charge in [0.1, 0.15) is 0 Å². The van der Waals surface area contributed by atoms with Gasteiger partial charge in [-0.05, 0) is 24.3 Å². The summed E-state index contributed by atoms with van der Waals surface area (Å²) >= 11 is 0. The molecule has 4 N–H and O–H groups in total. The van der Waals surface area contributed by atoms with Gasteiger partial charge in [-0.2, -0.15) is 8.42 Å². The molecular formula is C16H23ClN4O3S. The minimum atomic E-state index is -3.67. The first-order valence-corrected chi connectivity index (χ1v) is 9.45. The largest absolute Gasteiger partial charge is 0.371 e. The number of para-hydroxylation sites is 1. The third kappa shape index (κ3) is 4.72. The molecule has 1 saturated heterocycles.